The van der Waals surface area contributed by atoms with Gasteiger partial charge < -0.3 is 15.4 Å². The first-order valence-electron chi connectivity index (χ1n) is 7.15. The van der Waals surface area contributed by atoms with Gasteiger partial charge in [0, 0.05) is 5.69 Å². The Balaban J connectivity index is 1.95. The molecule has 0 radical (unpaired) electrons. The fourth-order valence-electron chi connectivity index (χ4n) is 1.93. The van der Waals surface area contributed by atoms with Crippen molar-refractivity contribution in [2.45, 2.75) is 19.9 Å². The highest BCUT2D eigenvalue weighted by Crippen LogP contribution is 2.21. The molecule has 2 aromatic rings. The lowest BCUT2D eigenvalue weighted by atomic mass is 10.2. The number of ether oxygens (including phenoxy) is 1. The number of halogens is 1. The van der Waals surface area contributed by atoms with Crippen LogP contribution in [0.2, 0.25) is 5.02 Å². The van der Waals surface area contributed by atoms with Gasteiger partial charge in [-0.05, 0) is 50.2 Å². The van der Waals surface area contributed by atoms with Crippen LogP contribution in [0.3, 0.4) is 0 Å². The molecule has 2 N–H and O–H groups in total. The Morgan fingerprint density at radius 2 is 1.86 bits per heavy atom. The molecular formula is C17H19ClN2O2. The van der Waals surface area contributed by atoms with Crippen LogP contribution in [0.5, 0.6) is 5.75 Å². The zero-order chi connectivity index (χ0) is 15.9. The van der Waals surface area contributed by atoms with Crippen LogP contribution < -0.4 is 15.4 Å². The van der Waals surface area contributed by atoms with E-state index in [-0.39, 0.29) is 5.91 Å². The number of rotatable bonds is 6. The Hall–Kier alpha value is -2.20. The number of hydrogen-bond acceptors (Lipinski definition) is 3. The number of amides is 1. The molecule has 0 saturated carbocycles. The van der Waals surface area contributed by atoms with Crippen molar-refractivity contribution in [1.82, 2.24) is 0 Å². The smallest absolute Gasteiger partial charge is 0.246 e. The highest BCUT2D eigenvalue weighted by molar-refractivity contribution is 6.33. The number of nitrogens with one attached hydrogen (secondary N) is 2. The Bertz CT molecular complexity index is 629. The van der Waals surface area contributed by atoms with Crippen LogP contribution in [0.4, 0.5) is 11.4 Å². The van der Waals surface area contributed by atoms with Crippen molar-refractivity contribution in [1.29, 1.82) is 0 Å². The first-order valence-corrected chi connectivity index (χ1v) is 7.52. The molecule has 2 rings (SSSR count). The monoisotopic (exact) mass is 318 g/mol. The largest absolute Gasteiger partial charge is 0.494 e. The lowest BCUT2D eigenvalue weighted by Crippen LogP contribution is -2.31. The summed E-state index contributed by atoms with van der Waals surface area (Å²) in [4.78, 5) is 12.2. The number of hydrogen-bond donors (Lipinski definition) is 2. The summed E-state index contributed by atoms with van der Waals surface area (Å²) in [6.07, 6.45) is 0. The molecule has 0 unspecified atom stereocenters. The van der Waals surface area contributed by atoms with Crippen molar-refractivity contribution in [3.63, 3.8) is 0 Å². The fourth-order valence-corrected chi connectivity index (χ4v) is 2.12. The van der Waals surface area contributed by atoms with Crippen molar-refractivity contribution in [3.8, 4) is 5.75 Å². The fraction of sp³-hybridized carbons (Fsp3) is 0.235. The van der Waals surface area contributed by atoms with E-state index in [9.17, 15) is 4.79 Å². The molecule has 0 aliphatic heterocycles. The van der Waals surface area contributed by atoms with Gasteiger partial charge >= 0.3 is 0 Å². The molecule has 2 aromatic carbocycles. The molecule has 0 aromatic heterocycles. The van der Waals surface area contributed by atoms with Crippen LogP contribution in [0, 0.1) is 0 Å². The van der Waals surface area contributed by atoms with E-state index in [0.717, 1.165) is 11.4 Å². The summed E-state index contributed by atoms with van der Waals surface area (Å²) in [5.41, 5.74) is 1.46. The Kier molecular flexibility index (Phi) is 5.67. The summed E-state index contributed by atoms with van der Waals surface area (Å²) < 4.78 is 5.38. The molecule has 0 bridgehead atoms. The molecule has 0 aliphatic carbocycles. The molecular weight excluding hydrogens is 300 g/mol. The molecule has 116 valence electrons. The third kappa shape index (κ3) is 4.40. The van der Waals surface area contributed by atoms with Gasteiger partial charge in [-0.3, -0.25) is 4.79 Å². The molecule has 1 amide bonds. The molecule has 4 nitrogen and oxygen atoms in total. The van der Waals surface area contributed by atoms with Crippen LogP contribution in [-0.4, -0.2) is 18.6 Å². The minimum atomic E-state index is -0.394. The number of carbonyl (C=O) groups excluding carboxylic acids is 1. The Labute approximate surface area is 135 Å². The van der Waals surface area contributed by atoms with Crippen LogP contribution in [0.15, 0.2) is 48.5 Å². The second kappa shape index (κ2) is 7.71. The zero-order valence-corrected chi connectivity index (χ0v) is 13.4. The van der Waals surface area contributed by atoms with Gasteiger partial charge in [-0.15, -0.1) is 0 Å². The van der Waals surface area contributed by atoms with Gasteiger partial charge in [0.05, 0.1) is 17.3 Å². The normalized spacial score (nSPS) is 11.6. The second-order valence-corrected chi connectivity index (χ2v) is 5.20. The molecule has 0 aliphatic rings. The lowest BCUT2D eigenvalue weighted by Gasteiger charge is -2.16. The summed E-state index contributed by atoms with van der Waals surface area (Å²) in [7, 11) is 0. The quantitative estimate of drug-likeness (QED) is 0.840. The van der Waals surface area contributed by atoms with E-state index in [0.29, 0.717) is 17.3 Å². The summed E-state index contributed by atoms with van der Waals surface area (Å²) in [5.74, 6) is 0.656. The van der Waals surface area contributed by atoms with E-state index >= 15 is 0 Å². The van der Waals surface area contributed by atoms with Gasteiger partial charge in [0.2, 0.25) is 5.91 Å². The maximum absolute atomic E-state index is 12.2. The van der Waals surface area contributed by atoms with Crippen molar-refractivity contribution in [3.05, 3.63) is 53.6 Å². The van der Waals surface area contributed by atoms with E-state index in [1.165, 1.54) is 0 Å². The van der Waals surface area contributed by atoms with Crippen molar-refractivity contribution >= 4 is 28.9 Å². The Morgan fingerprint density at radius 1 is 1.18 bits per heavy atom. The van der Waals surface area contributed by atoms with Crippen LogP contribution >= 0.6 is 11.6 Å². The molecule has 0 heterocycles. The number of anilines is 2. The van der Waals surface area contributed by atoms with Crippen molar-refractivity contribution in [2.75, 3.05) is 17.2 Å². The average molecular weight is 319 g/mol. The first kappa shape index (κ1) is 16.2. The maximum atomic E-state index is 12.2. The van der Waals surface area contributed by atoms with Gasteiger partial charge in [0.15, 0.2) is 0 Å². The molecule has 5 heteroatoms. The predicted molar refractivity (Wildman–Crippen MR) is 90.8 cm³/mol. The Morgan fingerprint density at radius 3 is 2.50 bits per heavy atom. The summed E-state index contributed by atoms with van der Waals surface area (Å²) >= 11 is 6.03. The van der Waals surface area contributed by atoms with Crippen LogP contribution in [0.1, 0.15) is 13.8 Å². The first-order chi connectivity index (χ1) is 10.6. The second-order valence-electron chi connectivity index (χ2n) is 4.79. The summed E-state index contributed by atoms with van der Waals surface area (Å²) in [6, 6.07) is 14.2. The highest BCUT2D eigenvalue weighted by atomic mass is 35.5. The number of carbonyl (C=O) groups is 1. The zero-order valence-electron chi connectivity index (χ0n) is 12.6. The number of benzene rings is 2. The SMILES string of the molecule is CCOc1ccc(N[C@H](C)C(=O)Nc2ccccc2Cl)cc1. The van der Waals surface area contributed by atoms with E-state index in [1.54, 1.807) is 19.1 Å². The minimum absolute atomic E-state index is 0.151. The minimum Gasteiger partial charge on any atom is -0.494 e. The third-order valence-electron chi connectivity index (χ3n) is 3.07. The van der Waals surface area contributed by atoms with E-state index in [4.69, 9.17) is 16.3 Å². The topological polar surface area (TPSA) is 50.4 Å². The molecule has 0 fully saturated rings. The van der Waals surface area contributed by atoms with E-state index < -0.39 is 6.04 Å². The van der Waals surface area contributed by atoms with Gasteiger partial charge in [-0.2, -0.15) is 0 Å². The number of para-hydroxylation sites is 1. The van der Waals surface area contributed by atoms with E-state index in [2.05, 4.69) is 10.6 Å². The van der Waals surface area contributed by atoms with Crippen LogP contribution in [0.25, 0.3) is 0 Å². The third-order valence-corrected chi connectivity index (χ3v) is 3.40. The van der Waals surface area contributed by atoms with Gasteiger partial charge in [-0.25, -0.2) is 0 Å². The van der Waals surface area contributed by atoms with Crippen molar-refractivity contribution < 1.29 is 9.53 Å². The highest BCUT2D eigenvalue weighted by Gasteiger charge is 2.13. The van der Waals surface area contributed by atoms with Gasteiger partial charge in [0.1, 0.15) is 11.8 Å². The van der Waals surface area contributed by atoms with E-state index in [1.807, 2.05) is 43.3 Å². The predicted octanol–water partition coefficient (Wildman–Crippen LogP) is 4.18. The summed E-state index contributed by atoms with van der Waals surface area (Å²) in [5, 5.41) is 6.46. The molecule has 1 atom stereocenters. The van der Waals surface area contributed by atoms with Crippen molar-refractivity contribution in [2.24, 2.45) is 0 Å². The molecule has 0 saturated heterocycles. The van der Waals surface area contributed by atoms with Gasteiger partial charge in [0.25, 0.3) is 0 Å². The molecule has 0 spiro atoms. The summed E-state index contributed by atoms with van der Waals surface area (Å²) in [6.45, 7) is 4.36. The van der Waals surface area contributed by atoms with Crippen LogP contribution in [-0.2, 0) is 4.79 Å². The standard InChI is InChI=1S/C17H19ClN2O2/c1-3-22-14-10-8-13(9-11-14)19-12(2)17(21)20-16-7-5-4-6-15(16)18/h4-12,19H,3H2,1-2H3,(H,20,21)/t12-/m1/s1. The van der Waals surface area contributed by atoms with Gasteiger partial charge in [-0.1, -0.05) is 23.7 Å². The average Bonchev–Trinajstić information content (AvgIpc) is 2.51. The molecule has 22 heavy (non-hydrogen) atoms. The maximum Gasteiger partial charge on any atom is 0.246 e. The lowest BCUT2D eigenvalue weighted by molar-refractivity contribution is -0.116.